The van der Waals surface area contributed by atoms with Crippen LogP contribution in [0.2, 0.25) is 5.02 Å². The van der Waals surface area contributed by atoms with Crippen LogP contribution in [0.1, 0.15) is 24.9 Å². The molecule has 152 valence electrons. The molecule has 11 heteroatoms. The molecule has 29 heavy (non-hydrogen) atoms. The van der Waals surface area contributed by atoms with Gasteiger partial charge in [-0.05, 0) is 31.9 Å². The maximum atomic E-state index is 13.2. The number of halogens is 4. The minimum atomic E-state index is -4.68. The number of alkyl halides is 3. The molecule has 7 nitrogen and oxygen atoms in total. The van der Waals surface area contributed by atoms with Gasteiger partial charge in [0, 0.05) is 6.21 Å². The Morgan fingerprint density at radius 2 is 1.93 bits per heavy atom. The van der Waals surface area contributed by atoms with Gasteiger partial charge >= 0.3 is 12.2 Å². The quantitative estimate of drug-likeness (QED) is 0.398. The lowest BCUT2D eigenvalue weighted by atomic mass is 10.1. The van der Waals surface area contributed by atoms with Crippen LogP contribution in [0.3, 0.4) is 0 Å². The molecule has 0 spiro atoms. The molecule has 2 heterocycles. The molecular weight excluding hydrogens is 411 g/mol. The molecule has 0 N–H and O–H groups in total. The van der Waals surface area contributed by atoms with Crippen molar-refractivity contribution in [3.63, 3.8) is 0 Å². The van der Waals surface area contributed by atoms with Gasteiger partial charge in [-0.3, -0.25) is 0 Å². The summed E-state index contributed by atoms with van der Waals surface area (Å²) >= 11 is 5.76. The maximum Gasteiger partial charge on any atom is 0.451 e. The first-order valence-corrected chi connectivity index (χ1v) is 8.92. The minimum Gasteiger partial charge on any atom is -0.424 e. The van der Waals surface area contributed by atoms with E-state index in [0.29, 0.717) is 23.4 Å². The molecule has 3 aromatic rings. The predicted octanol–water partition coefficient (Wildman–Crippen LogP) is 4.84. The molecule has 0 saturated heterocycles. The number of rotatable bonds is 7. The number of oxime groups is 1. The fourth-order valence-electron chi connectivity index (χ4n) is 2.45. The molecule has 0 aliphatic rings. The molecule has 0 fully saturated rings. The van der Waals surface area contributed by atoms with Gasteiger partial charge in [-0.1, -0.05) is 22.8 Å². The van der Waals surface area contributed by atoms with E-state index in [0.717, 1.165) is 0 Å². The van der Waals surface area contributed by atoms with Gasteiger partial charge in [0.05, 0.1) is 34.0 Å². The Labute approximate surface area is 168 Å². The summed E-state index contributed by atoms with van der Waals surface area (Å²) in [6.45, 7) is 2.16. The van der Waals surface area contributed by atoms with Gasteiger partial charge in [0.15, 0.2) is 0 Å². The van der Waals surface area contributed by atoms with Crippen molar-refractivity contribution < 1.29 is 22.7 Å². The lowest BCUT2D eigenvalue weighted by Gasteiger charge is -2.13. The molecule has 0 radical (unpaired) electrons. The molecule has 1 aromatic carbocycles. The molecule has 3 rings (SSSR count). The van der Waals surface area contributed by atoms with E-state index < -0.39 is 12.0 Å². The monoisotopic (exact) mass is 425 g/mol. The van der Waals surface area contributed by atoms with Crippen LogP contribution in [0.5, 0.6) is 11.8 Å². The Balaban J connectivity index is 2.03. The van der Waals surface area contributed by atoms with Crippen LogP contribution in [-0.4, -0.2) is 32.8 Å². The molecule has 0 aliphatic heterocycles. The molecule has 0 aliphatic carbocycles. The Kier molecular flexibility index (Phi) is 6.42. The Morgan fingerprint density at radius 1 is 1.17 bits per heavy atom. The third-order valence-corrected chi connectivity index (χ3v) is 3.80. The van der Waals surface area contributed by atoms with E-state index in [4.69, 9.17) is 21.2 Å². The highest BCUT2D eigenvalue weighted by atomic mass is 35.5. The topological polar surface area (TPSA) is 82.4 Å². The molecule has 0 saturated carbocycles. The van der Waals surface area contributed by atoms with E-state index in [1.807, 2.05) is 0 Å². The largest absolute Gasteiger partial charge is 0.451 e. The summed E-state index contributed by atoms with van der Waals surface area (Å²) in [6.07, 6.45) is -0.0402. The fourth-order valence-corrected chi connectivity index (χ4v) is 2.55. The summed E-state index contributed by atoms with van der Waals surface area (Å²) in [5.74, 6) is -0.989. The summed E-state index contributed by atoms with van der Waals surface area (Å²) in [7, 11) is 0. The molecule has 2 aromatic heterocycles. The van der Waals surface area contributed by atoms with Gasteiger partial charge in [-0.25, -0.2) is 19.9 Å². The van der Waals surface area contributed by atoms with Gasteiger partial charge in [0.2, 0.25) is 5.82 Å². The van der Waals surface area contributed by atoms with Crippen molar-refractivity contribution >= 4 is 28.7 Å². The number of fused-ring (bicyclic) bond motifs is 1. The first kappa shape index (κ1) is 20.7. The van der Waals surface area contributed by atoms with Crippen LogP contribution in [0.25, 0.3) is 10.9 Å². The third-order valence-electron chi connectivity index (χ3n) is 3.60. The van der Waals surface area contributed by atoms with Crippen LogP contribution in [-0.2, 0) is 17.4 Å². The second kappa shape index (κ2) is 8.99. The van der Waals surface area contributed by atoms with Crippen molar-refractivity contribution in [2.24, 2.45) is 5.16 Å². The SMILES string of the molecule is CCO/N=C\CCc1nc(C(F)(F)F)nc2cccc(Oc3ncc(Cl)cn3)c12. The minimum absolute atomic E-state index is 0.00865. The zero-order valence-corrected chi connectivity index (χ0v) is 15.9. The number of aryl methyl sites for hydroxylation is 1. The van der Waals surface area contributed by atoms with E-state index in [1.54, 1.807) is 13.0 Å². The van der Waals surface area contributed by atoms with Crippen LogP contribution >= 0.6 is 11.6 Å². The Morgan fingerprint density at radius 3 is 2.62 bits per heavy atom. The number of benzene rings is 1. The fraction of sp³-hybridized carbons (Fsp3) is 0.278. The molecule has 0 amide bonds. The van der Waals surface area contributed by atoms with Gasteiger partial charge in [0.25, 0.3) is 0 Å². The van der Waals surface area contributed by atoms with Crippen molar-refractivity contribution in [3.05, 3.63) is 47.1 Å². The molecular formula is C18H15ClF3N5O2. The maximum absolute atomic E-state index is 13.2. The van der Waals surface area contributed by atoms with Gasteiger partial charge < -0.3 is 9.57 Å². The van der Waals surface area contributed by atoms with E-state index >= 15 is 0 Å². The van der Waals surface area contributed by atoms with Crippen molar-refractivity contribution in [3.8, 4) is 11.8 Å². The highest BCUT2D eigenvalue weighted by Crippen LogP contribution is 2.34. The second-order valence-electron chi connectivity index (χ2n) is 5.67. The Bertz CT molecular complexity index is 1010. The van der Waals surface area contributed by atoms with E-state index in [1.165, 1.54) is 30.7 Å². The van der Waals surface area contributed by atoms with Crippen molar-refractivity contribution in [1.29, 1.82) is 0 Å². The molecule has 0 bridgehead atoms. The third kappa shape index (κ3) is 5.29. The van der Waals surface area contributed by atoms with Gasteiger partial charge in [-0.2, -0.15) is 13.2 Å². The van der Waals surface area contributed by atoms with Crippen LogP contribution in [0.4, 0.5) is 13.2 Å². The van der Waals surface area contributed by atoms with E-state index in [2.05, 4.69) is 25.1 Å². The summed E-state index contributed by atoms with van der Waals surface area (Å²) in [5, 5.41) is 4.36. The normalized spacial score (nSPS) is 11.9. The number of hydrogen-bond donors (Lipinski definition) is 0. The lowest BCUT2D eigenvalue weighted by molar-refractivity contribution is -0.144. The zero-order chi connectivity index (χ0) is 20.9. The van der Waals surface area contributed by atoms with E-state index in [-0.39, 0.29) is 29.4 Å². The average molecular weight is 426 g/mol. The summed E-state index contributed by atoms with van der Waals surface area (Å²) in [6, 6.07) is 4.56. The van der Waals surface area contributed by atoms with E-state index in [9.17, 15) is 13.2 Å². The summed E-state index contributed by atoms with van der Waals surface area (Å²) in [5.41, 5.74) is 0.255. The standard InChI is InChI=1S/C18H15ClF3N5O2/c1-2-28-25-8-4-6-13-15-12(26-16(27-13)18(20,21)22)5-3-7-14(15)29-17-23-9-11(19)10-24-17/h3,5,7-10H,2,4,6H2,1H3/b25-8-. The first-order chi connectivity index (χ1) is 13.9. The number of ether oxygens (including phenoxy) is 1. The zero-order valence-electron chi connectivity index (χ0n) is 15.1. The number of nitrogens with zero attached hydrogens (tertiary/aromatic N) is 5. The highest BCUT2D eigenvalue weighted by Gasteiger charge is 2.35. The molecule has 0 unspecified atom stereocenters. The van der Waals surface area contributed by atoms with Gasteiger partial charge in [0.1, 0.15) is 12.4 Å². The summed E-state index contributed by atoms with van der Waals surface area (Å²) in [4.78, 5) is 20.1. The second-order valence-corrected chi connectivity index (χ2v) is 6.11. The molecule has 0 atom stereocenters. The van der Waals surface area contributed by atoms with Crippen molar-refractivity contribution in [2.45, 2.75) is 25.9 Å². The van der Waals surface area contributed by atoms with Crippen molar-refractivity contribution in [1.82, 2.24) is 19.9 Å². The van der Waals surface area contributed by atoms with Crippen LogP contribution in [0, 0.1) is 0 Å². The number of hydrogen-bond acceptors (Lipinski definition) is 7. The first-order valence-electron chi connectivity index (χ1n) is 8.54. The number of aromatic nitrogens is 4. The van der Waals surface area contributed by atoms with Crippen molar-refractivity contribution in [2.75, 3.05) is 6.61 Å². The van der Waals surface area contributed by atoms with Crippen LogP contribution in [0.15, 0.2) is 35.7 Å². The van der Waals surface area contributed by atoms with Crippen LogP contribution < -0.4 is 4.74 Å². The van der Waals surface area contributed by atoms with Gasteiger partial charge in [-0.15, -0.1) is 0 Å². The Hall–Kier alpha value is -3.01. The lowest BCUT2D eigenvalue weighted by Crippen LogP contribution is -2.13. The highest BCUT2D eigenvalue weighted by molar-refractivity contribution is 6.30. The summed E-state index contributed by atoms with van der Waals surface area (Å²) < 4.78 is 45.4. The predicted molar refractivity (Wildman–Crippen MR) is 100 cm³/mol. The smallest absolute Gasteiger partial charge is 0.424 e. The average Bonchev–Trinajstić information content (AvgIpc) is 2.68.